The zero-order valence-corrected chi connectivity index (χ0v) is 12.6. The summed E-state index contributed by atoms with van der Waals surface area (Å²) in [7, 11) is 0. The first-order valence-corrected chi connectivity index (χ1v) is 7.65. The minimum Gasteiger partial charge on any atom is -0.292 e. The van der Waals surface area contributed by atoms with Crippen LogP contribution >= 0.6 is 27.3 Å². The maximum absolute atomic E-state index is 4.53. The second-order valence-corrected chi connectivity index (χ2v) is 6.36. The summed E-state index contributed by atoms with van der Waals surface area (Å²) in [6, 6.07) is 2.02. The molecule has 5 heteroatoms. The van der Waals surface area contributed by atoms with Crippen molar-refractivity contribution >= 4 is 27.3 Å². The van der Waals surface area contributed by atoms with Gasteiger partial charge in [0.25, 0.3) is 0 Å². The first-order valence-electron chi connectivity index (χ1n) is 5.98. The van der Waals surface area contributed by atoms with Crippen LogP contribution < -0.4 is 0 Å². The molecule has 0 N–H and O–H groups in total. The van der Waals surface area contributed by atoms with Gasteiger partial charge < -0.3 is 0 Å². The standard InChI is InChI=1S/C13H14BrN3S/c1-9-8-18-13(16-9)7-17-5-3-12-10(6-17)11(14)2-4-15-12/h2,4,8H,3,5-7H2,1H3. The number of hydrogen-bond donors (Lipinski definition) is 0. The zero-order valence-electron chi connectivity index (χ0n) is 10.2. The van der Waals surface area contributed by atoms with Crippen LogP contribution in [0.25, 0.3) is 0 Å². The summed E-state index contributed by atoms with van der Waals surface area (Å²) in [6.45, 7) is 5.02. The lowest BCUT2D eigenvalue weighted by atomic mass is 10.1. The quantitative estimate of drug-likeness (QED) is 0.850. The molecule has 18 heavy (non-hydrogen) atoms. The minimum atomic E-state index is 0.944. The molecule has 3 nitrogen and oxygen atoms in total. The first kappa shape index (κ1) is 12.3. The van der Waals surface area contributed by atoms with Crippen LogP contribution in [0.5, 0.6) is 0 Å². The van der Waals surface area contributed by atoms with Crippen molar-refractivity contribution in [2.24, 2.45) is 0 Å². The summed E-state index contributed by atoms with van der Waals surface area (Å²) in [6.07, 6.45) is 2.90. The van der Waals surface area contributed by atoms with Gasteiger partial charge in [-0.2, -0.15) is 0 Å². The molecule has 1 aliphatic rings. The molecular formula is C13H14BrN3S. The van der Waals surface area contributed by atoms with E-state index in [2.05, 4.69) is 36.2 Å². The summed E-state index contributed by atoms with van der Waals surface area (Å²) in [5.74, 6) is 0. The summed E-state index contributed by atoms with van der Waals surface area (Å²) in [5, 5.41) is 3.32. The Balaban J connectivity index is 1.76. The second kappa shape index (κ2) is 5.07. The maximum atomic E-state index is 4.53. The van der Waals surface area contributed by atoms with E-state index in [4.69, 9.17) is 0 Å². The Morgan fingerprint density at radius 1 is 1.50 bits per heavy atom. The van der Waals surface area contributed by atoms with Gasteiger partial charge in [-0.05, 0) is 13.0 Å². The van der Waals surface area contributed by atoms with Crippen LogP contribution in [0.2, 0.25) is 0 Å². The summed E-state index contributed by atoms with van der Waals surface area (Å²) in [4.78, 5) is 11.4. The van der Waals surface area contributed by atoms with Crippen molar-refractivity contribution < 1.29 is 0 Å². The minimum absolute atomic E-state index is 0.944. The van der Waals surface area contributed by atoms with Gasteiger partial charge >= 0.3 is 0 Å². The van der Waals surface area contributed by atoms with E-state index in [-0.39, 0.29) is 0 Å². The van der Waals surface area contributed by atoms with Gasteiger partial charge in [0.15, 0.2) is 0 Å². The van der Waals surface area contributed by atoms with Gasteiger partial charge in [-0.15, -0.1) is 11.3 Å². The molecule has 0 radical (unpaired) electrons. The first-order chi connectivity index (χ1) is 8.72. The van der Waals surface area contributed by atoms with Gasteiger partial charge in [0, 0.05) is 52.5 Å². The predicted molar refractivity (Wildman–Crippen MR) is 76.6 cm³/mol. The van der Waals surface area contributed by atoms with Crippen LogP contribution in [0, 0.1) is 6.92 Å². The van der Waals surface area contributed by atoms with Crippen molar-refractivity contribution in [1.29, 1.82) is 0 Å². The van der Waals surface area contributed by atoms with E-state index < -0.39 is 0 Å². The molecule has 0 atom stereocenters. The van der Waals surface area contributed by atoms with Gasteiger partial charge in [-0.3, -0.25) is 9.88 Å². The predicted octanol–water partition coefficient (Wildman–Crippen LogP) is 3.17. The van der Waals surface area contributed by atoms with E-state index in [1.54, 1.807) is 11.3 Å². The highest BCUT2D eigenvalue weighted by Gasteiger charge is 2.19. The molecule has 94 valence electrons. The van der Waals surface area contributed by atoms with Crippen molar-refractivity contribution in [3.8, 4) is 0 Å². The molecule has 0 fully saturated rings. The van der Waals surface area contributed by atoms with Gasteiger partial charge in [0.2, 0.25) is 0 Å². The Bertz CT molecular complexity index is 567. The smallest absolute Gasteiger partial charge is 0.107 e. The van der Waals surface area contributed by atoms with E-state index in [1.807, 2.05) is 19.2 Å². The number of hydrogen-bond acceptors (Lipinski definition) is 4. The Morgan fingerprint density at radius 3 is 3.17 bits per heavy atom. The molecule has 0 spiro atoms. The molecule has 3 heterocycles. The molecule has 0 saturated carbocycles. The van der Waals surface area contributed by atoms with E-state index in [0.29, 0.717) is 0 Å². The molecule has 0 aromatic carbocycles. The highest BCUT2D eigenvalue weighted by atomic mass is 79.9. The Kier molecular flexibility index (Phi) is 3.46. The highest BCUT2D eigenvalue weighted by Crippen LogP contribution is 2.26. The lowest BCUT2D eigenvalue weighted by Gasteiger charge is -2.27. The molecule has 2 aromatic heterocycles. The Labute approximate surface area is 119 Å². The fraction of sp³-hybridized carbons (Fsp3) is 0.385. The lowest BCUT2D eigenvalue weighted by molar-refractivity contribution is 0.242. The fourth-order valence-electron chi connectivity index (χ4n) is 2.26. The normalized spacial score (nSPS) is 15.7. The SMILES string of the molecule is Cc1csc(CN2CCc3nccc(Br)c3C2)n1. The van der Waals surface area contributed by atoms with Crippen molar-refractivity contribution in [2.45, 2.75) is 26.4 Å². The van der Waals surface area contributed by atoms with Crippen LogP contribution in [0.15, 0.2) is 22.1 Å². The number of thiazole rings is 1. The van der Waals surface area contributed by atoms with Gasteiger partial charge in [0.05, 0.1) is 6.54 Å². The maximum Gasteiger partial charge on any atom is 0.107 e. The zero-order chi connectivity index (χ0) is 12.5. The molecular weight excluding hydrogens is 310 g/mol. The highest BCUT2D eigenvalue weighted by molar-refractivity contribution is 9.10. The van der Waals surface area contributed by atoms with Crippen molar-refractivity contribution in [3.63, 3.8) is 0 Å². The third-order valence-electron chi connectivity index (χ3n) is 3.16. The number of halogens is 1. The fourth-order valence-corrected chi connectivity index (χ4v) is 3.55. The van der Waals surface area contributed by atoms with Gasteiger partial charge in [-0.1, -0.05) is 15.9 Å². The van der Waals surface area contributed by atoms with Crippen LogP contribution in [0.4, 0.5) is 0 Å². The number of fused-ring (bicyclic) bond motifs is 1. The lowest BCUT2D eigenvalue weighted by Crippen LogP contribution is -2.30. The summed E-state index contributed by atoms with van der Waals surface area (Å²) < 4.78 is 1.17. The average Bonchev–Trinajstić information content (AvgIpc) is 2.76. The van der Waals surface area contributed by atoms with Crippen LogP contribution in [-0.2, 0) is 19.5 Å². The third-order valence-corrected chi connectivity index (χ3v) is 4.85. The number of nitrogens with zero attached hydrogens (tertiary/aromatic N) is 3. The molecule has 3 rings (SSSR count). The van der Waals surface area contributed by atoms with Crippen molar-refractivity contribution in [3.05, 3.63) is 44.1 Å². The van der Waals surface area contributed by atoms with E-state index >= 15 is 0 Å². The van der Waals surface area contributed by atoms with Crippen molar-refractivity contribution in [2.75, 3.05) is 6.54 Å². The van der Waals surface area contributed by atoms with Crippen LogP contribution in [-0.4, -0.2) is 21.4 Å². The van der Waals surface area contributed by atoms with Crippen molar-refractivity contribution in [1.82, 2.24) is 14.9 Å². The summed E-state index contributed by atoms with van der Waals surface area (Å²) in [5.41, 5.74) is 3.68. The number of aromatic nitrogens is 2. The summed E-state index contributed by atoms with van der Waals surface area (Å²) >= 11 is 5.37. The number of rotatable bonds is 2. The van der Waals surface area contributed by atoms with Crippen LogP contribution in [0.1, 0.15) is 22.0 Å². The second-order valence-electron chi connectivity index (χ2n) is 4.56. The van der Waals surface area contributed by atoms with E-state index in [1.165, 1.54) is 20.7 Å². The Hall–Kier alpha value is -0.780. The van der Waals surface area contributed by atoms with E-state index in [9.17, 15) is 0 Å². The molecule has 2 aromatic rings. The number of pyridine rings is 1. The number of aryl methyl sites for hydroxylation is 1. The van der Waals surface area contributed by atoms with E-state index in [0.717, 1.165) is 31.7 Å². The largest absolute Gasteiger partial charge is 0.292 e. The molecule has 0 amide bonds. The monoisotopic (exact) mass is 323 g/mol. The molecule has 0 saturated heterocycles. The van der Waals surface area contributed by atoms with Crippen LogP contribution in [0.3, 0.4) is 0 Å². The average molecular weight is 324 g/mol. The third kappa shape index (κ3) is 2.48. The topological polar surface area (TPSA) is 29.0 Å². The molecule has 1 aliphatic heterocycles. The molecule has 0 aliphatic carbocycles. The van der Waals surface area contributed by atoms with Gasteiger partial charge in [0.1, 0.15) is 5.01 Å². The molecule has 0 bridgehead atoms. The van der Waals surface area contributed by atoms with Gasteiger partial charge in [-0.25, -0.2) is 4.98 Å². The molecule has 0 unspecified atom stereocenters. The Morgan fingerprint density at radius 2 is 2.39 bits per heavy atom.